The maximum absolute atomic E-state index is 11.6. The molecule has 0 radical (unpaired) electrons. The lowest BCUT2D eigenvalue weighted by Gasteiger charge is -2.37. The lowest BCUT2D eigenvalue weighted by atomic mass is 10.2. The molecule has 0 saturated carbocycles. The van der Waals surface area contributed by atoms with Crippen LogP contribution in [0.5, 0.6) is 0 Å². The highest BCUT2D eigenvalue weighted by atomic mass is 79.9. The summed E-state index contributed by atoms with van der Waals surface area (Å²) in [4.78, 5) is 18.0. The first-order chi connectivity index (χ1) is 9.99. The number of urea groups is 1. The van der Waals surface area contributed by atoms with Crippen LogP contribution in [0.15, 0.2) is 16.7 Å². The number of carbonyl (C=O) groups excluding carboxylic acids is 1. The molecule has 2 rings (SSSR count). The molecular weight excluding hydrogens is 336 g/mol. The van der Waals surface area contributed by atoms with Gasteiger partial charge in [-0.05, 0) is 36.7 Å². The SMILES string of the molecule is CCNC(=O)Nc1cc(N2C[C@@H](C)O[C@@H](C)C2)c(Br)cn1. The Morgan fingerprint density at radius 2 is 2.14 bits per heavy atom. The highest BCUT2D eigenvalue weighted by Crippen LogP contribution is 2.30. The summed E-state index contributed by atoms with van der Waals surface area (Å²) in [6.45, 7) is 8.20. The maximum atomic E-state index is 11.6. The average Bonchev–Trinajstić information content (AvgIpc) is 2.40. The molecule has 0 unspecified atom stereocenters. The van der Waals surface area contributed by atoms with Gasteiger partial charge >= 0.3 is 6.03 Å². The molecule has 0 aliphatic carbocycles. The van der Waals surface area contributed by atoms with Gasteiger partial charge in [-0.2, -0.15) is 0 Å². The number of hydrogen-bond donors (Lipinski definition) is 2. The molecule has 1 fully saturated rings. The summed E-state index contributed by atoms with van der Waals surface area (Å²) in [7, 11) is 0. The number of amides is 2. The van der Waals surface area contributed by atoms with Crippen molar-refractivity contribution in [2.45, 2.75) is 33.0 Å². The van der Waals surface area contributed by atoms with Crippen LogP contribution in [0.4, 0.5) is 16.3 Å². The smallest absolute Gasteiger partial charge is 0.320 e. The molecule has 7 heteroatoms. The Morgan fingerprint density at radius 3 is 2.76 bits per heavy atom. The summed E-state index contributed by atoms with van der Waals surface area (Å²) < 4.78 is 6.66. The van der Waals surface area contributed by atoms with Gasteiger partial charge in [0.2, 0.25) is 0 Å². The number of rotatable bonds is 3. The van der Waals surface area contributed by atoms with E-state index in [0.717, 1.165) is 23.2 Å². The zero-order valence-corrected chi connectivity index (χ0v) is 14.1. The molecule has 2 atom stereocenters. The zero-order chi connectivity index (χ0) is 15.4. The fourth-order valence-electron chi connectivity index (χ4n) is 2.43. The number of ether oxygens (including phenoxy) is 1. The molecule has 116 valence electrons. The van der Waals surface area contributed by atoms with Crippen LogP contribution in [0.2, 0.25) is 0 Å². The molecular formula is C14H21BrN4O2. The molecule has 1 aromatic heterocycles. The first-order valence-corrected chi connectivity index (χ1v) is 7.89. The van der Waals surface area contributed by atoms with Gasteiger partial charge in [-0.1, -0.05) is 0 Å². The van der Waals surface area contributed by atoms with E-state index in [1.54, 1.807) is 6.20 Å². The van der Waals surface area contributed by atoms with Crippen molar-refractivity contribution in [3.8, 4) is 0 Å². The Hall–Kier alpha value is -1.34. The number of carbonyl (C=O) groups is 1. The molecule has 2 N–H and O–H groups in total. The van der Waals surface area contributed by atoms with E-state index in [1.165, 1.54) is 0 Å². The Morgan fingerprint density at radius 1 is 1.48 bits per heavy atom. The highest BCUT2D eigenvalue weighted by molar-refractivity contribution is 9.10. The van der Waals surface area contributed by atoms with Crippen molar-refractivity contribution in [1.82, 2.24) is 10.3 Å². The fourth-order valence-corrected chi connectivity index (χ4v) is 2.90. The Kier molecular flexibility index (Phi) is 5.41. The molecule has 21 heavy (non-hydrogen) atoms. The molecule has 0 spiro atoms. The van der Waals surface area contributed by atoms with Gasteiger partial charge in [0.05, 0.1) is 22.4 Å². The molecule has 0 bridgehead atoms. The van der Waals surface area contributed by atoms with E-state index in [2.05, 4.69) is 50.3 Å². The van der Waals surface area contributed by atoms with Gasteiger partial charge in [0, 0.05) is 31.9 Å². The number of anilines is 2. The number of pyridine rings is 1. The maximum Gasteiger partial charge on any atom is 0.320 e. The quantitative estimate of drug-likeness (QED) is 0.873. The van der Waals surface area contributed by atoms with Crippen molar-refractivity contribution in [3.05, 3.63) is 16.7 Å². The van der Waals surface area contributed by atoms with E-state index in [9.17, 15) is 4.79 Å². The van der Waals surface area contributed by atoms with Gasteiger partial charge in [-0.25, -0.2) is 9.78 Å². The number of nitrogens with one attached hydrogen (secondary N) is 2. The van der Waals surface area contributed by atoms with Crippen molar-refractivity contribution in [2.75, 3.05) is 29.9 Å². The normalized spacial score (nSPS) is 22.0. The lowest BCUT2D eigenvalue weighted by molar-refractivity contribution is -0.00525. The minimum Gasteiger partial charge on any atom is -0.372 e. The van der Waals surface area contributed by atoms with Crippen LogP contribution in [-0.4, -0.2) is 42.9 Å². The summed E-state index contributed by atoms with van der Waals surface area (Å²) in [5, 5.41) is 5.42. The van der Waals surface area contributed by atoms with Crippen molar-refractivity contribution < 1.29 is 9.53 Å². The summed E-state index contributed by atoms with van der Waals surface area (Å²) in [6, 6.07) is 1.63. The van der Waals surface area contributed by atoms with Crippen LogP contribution in [0.1, 0.15) is 20.8 Å². The van der Waals surface area contributed by atoms with E-state index in [4.69, 9.17) is 4.74 Å². The van der Waals surface area contributed by atoms with Crippen molar-refractivity contribution in [2.24, 2.45) is 0 Å². The first kappa shape index (κ1) is 16.0. The second-order valence-corrected chi connectivity index (χ2v) is 6.02. The predicted molar refractivity (Wildman–Crippen MR) is 86.9 cm³/mol. The van der Waals surface area contributed by atoms with Gasteiger partial charge in [0.1, 0.15) is 5.82 Å². The third kappa shape index (κ3) is 4.31. The van der Waals surface area contributed by atoms with Crippen LogP contribution in [0, 0.1) is 0 Å². The summed E-state index contributed by atoms with van der Waals surface area (Å²) in [5.74, 6) is 0.533. The van der Waals surface area contributed by atoms with Crippen LogP contribution in [0.25, 0.3) is 0 Å². The Balaban J connectivity index is 2.16. The average molecular weight is 357 g/mol. The van der Waals surface area contributed by atoms with Crippen LogP contribution < -0.4 is 15.5 Å². The second kappa shape index (κ2) is 7.09. The van der Waals surface area contributed by atoms with Gasteiger partial charge in [-0.15, -0.1) is 0 Å². The molecule has 2 heterocycles. The van der Waals surface area contributed by atoms with E-state index in [-0.39, 0.29) is 18.2 Å². The van der Waals surface area contributed by atoms with E-state index >= 15 is 0 Å². The molecule has 2 amide bonds. The number of aromatic nitrogens is 1. The standard InChI is InChI=1S/C14H21BrN4O2/c1-4-16-14(20)18-13-5-12(11(15)6-17-13)19-7-9(2)21-10(3)8-19/h5-6,9-10H,4,7-8H2,1-3H3,(H2,16,17,18,20)/t9-,10+. The van der Waals surface area contributed by atoms with Crippen LogP contribution in [-0.2, 0) is 4.74 Å². The minimum atomic E-state index is -0.248. The fraction of sp³-hybridized carbons (Fsp3) is 0.571. The molecule has 1 aliphatic heterocycles. The zero-order valence-electron chi connectivity index (χ0n) is 12.5. The number of nitrogens with zero attached hydrogens (tertiary/aromatic N) is 2. The van der Waals surface area contributed by atoms with E-state index in [1.807, 2.05) is 13.0 Å². The van der Waals surface area contributed by atoms with Crippen LogP contribution >= 0.6 is 15.9 Å². The van der Waals surface area contributed by atoms with Crippen molar-refractivity contribution >= 4 is 33.5 Å². The second-order valence-electron chi connectivity index (χ2n) is 5.17. The minimum absolute atomic E-state index is 0.175. The third-order valence-electron chi connectivity index (χ3n) is 3.17. The molecule has 1 aromatic rings. The molecule has 0 aromatic carbocycles. The van der Waals surface area contributed by atoms with Crippen LogP contribution in [0.3, 0.4) is 0 Å². The topological polar surface area (TPSA) is 66.5 Å². The predicted octanol–water partition coefficient (Wildman–Crippen LogP) is 2.60. The first-order valence-electron chi connectivity index (χ1n) is 7.10. The van der Waals surface area contributed by atoms with Gasteiger partial charge in [-0.3, -0.25) is 5.32 Å². The van der Waals surface area contributed by atoms with Crippen molar-refractivity contribution in [1.29, 1.82) is 0 Å². The lowest BCUT2D eigenvalue weighted by Crippen LogP contribution is -2.45. The number of halogens is 1. The molecule has 6 nitrogen and oxygen atoms in total. The number of morpholine rings is 1. The largest absolute Gasteiger partial charge is 0.372 e. The summed E-state index contributed by atoms with van der Waals surface area (Å²) in [6.07, 6.45) is 2.06. The summed E-state index contributed by atoms with van der Waals surface area (Å²) in [5.41, 5.74) is 1.01. The third-order valence-corrected chi connectivity index (χ3v) is 3.79. The monoisotopic (exact) mass is 356 g/mol. The van der Waals surface area contributed by atoms with Gasteiger partial charge in [0.15, 0.2) is 0 Å². The van der Waals surface area contributed by atoms with E-state index in [0.29, 0.717) is 12.4 Å². The molecule has 1 aliphatic rings. The van der Waals surface area contributed by atoms with Crippen molar-refractivity contribution in [3.63, 3.8) is 0 Å². The number of hydrogen-bond acceptors (Lipinski definition) is 4. The molecule has 1 saturated heterocycles. The summed E-state index contributed by atoms with van der Waals surface area (Å²) >= 11 is 3.53. The van der Waals surface area contributed by atoms with E-state index < -0.39 is 0 Å². The Labute approximate surface area is 133 Å². The van der Waals surface area contributed by atoms with Gasteiger partial charge < -0.3 is 15.0 Å². The highest BCUT2D eigenvalue weighted by Gasteiger charge is 2.24. The Bertz CT molecular complexity index is 502. The van der Waals surface area contributed by atoms with Gasteiger partial charge in [0.25, 0.3) is 0 Å².